The van der Waals surface area contributed by atoms with Crippen LogP contribution in [0.15, 0.2) is 12.8 Å². The molecule has 0 aliphatic heterocycles. The van der Waals surface area contributed by atoms with Gasteiger partial charge in [0.05, 0.1) is 5.69 Å². The van der Waals surface area contributed by atoms with Crippen molar-refractivity contribution in [1.29, 1.82) is 0 Å². The quantitative estimate of drug-likeness (QED) is 0.406. The van der Waals surface area contributed by atoms with E-state index < -0.39 is 0 Å². The lowest BCUT2D eigenvalue weighted by molar-refractivity contribution is 0.363. The largest absolute Gasteiger partial charge is 0.285 e. The number of rotatable bonds is 13. The fourth-order valence-electron chi connectivity index (χ4n) is 3.39. The Balaban J connectivity index is 2.65. The Morgan fingerprint density at radius 1 is 1.00 bits per heavy atom. The average molecular weight is 305 g/mol. The summed E-state index contributed by atoms with van der Waals surface area (Å²) in [5.74, 6) is 0. The molecule has 0 bridgehead atoms. The molecule has 1 unspecified atom stereocenters. The highest BCUT2D eigenvalue weighted by atomic mass is 15.1. The molecule has 0 aliphatic carbocycles. The molecule has 2 nitrogen and oxygen atoms in total. The van der Waals surface area contributed by atoms with Gasteiger partial charge in [0, 0.05) is 11.8 Å². The summed E-state index contributed by atoms with van der Waals surface area (Å²) in [6.45, 7) is 10.9. The van der Waals surface area contributed by atoms with Gasteiger partial charge in [0.15, 0.2) is 0 Å². The maximum Gasteiger partial charge on any atom is 0.0880 e. The van der Waals surface area contributed by atoms with Crippen LogP contribution in [-0.2, 0) is 5.41 Å². The molecule has 0 radical (unpaired) electrons. The molecule has 0 aliphatic rings. The zero-order valence-electron chi connectivity index (χ0n) is 15.1. The van der Waals surface area contributed by atoms with E-state index >= 15 is 0 Å². The van der Waals surface area contributed by atoms with E-state index in [1.165, 1.54) is 76.2 Å². The second kappa shape index (κ2) is 10.6. The van der Waals surface area contributed by atoms with Crippen molar-refractivity contribution in [3.05, 3.63) is 24.0 Å². The van der Waals surface area contributed by atoms with Crippen molar-refractivity contribution in [2.24, 2.45) is 0 Å². The van der Waals surface area contributed by atoms with Gasteiger partial charge < -0.3 is 0 Å². The topological polar surface area (TPSA) is 28.7 Å². The van der Waals surface area contributed by atoms with Crippen molar-refractivity contribution >= 4 is 6.08 Å². The van der Waals surface area contributed by atoms with Crippen LogP contribution in [0.1, 0.15) is 103 Å². The Morgan fingerprint density at radius 3 is 2.09 bits per heavy atom. The Bertz CT molecular complexity index is 408. The standard InChI is InChI=1S/C20H36N2/c1-5-8-10-12-14-16-20(4,15-13-11-9-6-2)18-17-21-22-19(18)7-3/h7,17H,3,5-6,8-16H2,1-2,4H3,(H,21,22). The maximum absolute atomic E-state index is 4.36. The summed E-state index contributed by atoms with van der Waals surface area (Å²) in [6.07, 6.45) is 18.6. The minimum Gasteiger partial charge on any atom is -0.285 e. The first-order valence-corrected chi connectivity index (χ1v) is 9.34. The average Bonchev–Trinajstić information content (AvgIpc) is 3.01. The highest BCUT2D eigenvalue weighted by molar-refractivity contribution is 5.48. The Morgan fingerprint density at radius 2 is 1.55 bits per heavy atom. The number of unbranched alkanes of at least 4 members (excludes halogenated alkanes) is 7. The summed E-state index contributed by atoms with van der Waals surface area (Å²) < 4.78 is 0. The monoisotopic (exact) mass is 304 g/mol. The predicted molar refractivity (Wildman–Crippen MR) is 98.2 cm³/mol. The van der Waals surface area contributed by atoms with E-state index in [2.05, 4.69) is 43.7 Å². The minimum absolute atomic E-state index is 0.247. The maximum atomic E-state index is 4.36. The molecule has 1 aromatic rings. The summed E-state index contributed by atoms with van der Waals surface area (Å²) in [7, 11) is 0. The van der Waals surface area contributed by atoms with Crippen molar-refractivity contribution < 1.29 is 0 Å². The van der Waals surface area contributed by atoms with Crippen LogP contribution >= 0.6 is 0 Å². The van der Waals surface area contributed by atoms with Crippen LogP contribution in [-0.4, -0.2) is 10.2 Å². The molecule has 0 saturated heterocycles. The Labute approximate surface area is 137 Å². The van der Waals surface area contributed by atoms with Crippen LogP contribution in [0.5, 0.6) is 0 Å². The van der Waals surface area contributed by atoms with E-state index in [1.54, 1.807) is 0 Å². The number of nitrogens with zero attached hydrogens (tertiary/aromatic N) is 1. The van der Waals surface area contributed by atoms with Gasteiger partial charge in [-0.1, -0.05) is 85.1 Å². The van der Waals surface area contributed by atoms with Crippen LogP contribution in [0.25, 0.3) is 6.08 Å². The molecule has 0 amide bonds. The van der Waals surface area contributed by atoms with Crippen molar-refractivity contribution in [2.45, 2.75) is 96.8 Å². The lowest BCUT2D eigenvalue weighted by Gasteiger charge is -2.30. The summed E-state index contributed by atoms with van der Waals surface area (Å²) in [4.78, 5) is 0. The normalized spacial score (nSPS) is 14.0. The molecule has 2 heteroatoms. The number of nitrogens with one attached hydrogen (secondary N) is 1. The van der Waals surface area contributed by atoms with Gasteiger partial charge in [-0.2, -0.15) is 5.10 Å². The Hall–Kier alpha value is -1.05. The second-order valence-corrected chi connectivity index (χ2v) is 6.92. The van der Waals surface area contributed by atoms with Crippen molar-refractivity contribution in [2.75, 3.05) is 0 Å². The zero-order valence-corrected chi connectivity index (χ0v) is 15.1. The third kappa shape index (κ3) is 5.98. The number of hydrogen-bond acceptors (Lipinski definition) is 1. The third-order valence-corrected chi connectivity index (χ3v) is 4.93. The van der Waals surface area contributed by atoms with E-state index in [-0.39, 0.29) is 5.41 Å². The molecular weight excluding hydrogens is 268 g/mol. The first-order chi connectivity index (χ1) is 10.7. The van der Waals surface area contributed by atoms with Crippen LogP contribution < -0.4 is 0 Å². The van der Waals surface area contributed by atoms with E-state index in [4.69, 9.17) is 0 Å². The van der Waals surface area contributed by atoms with Crippen molar-refractivity contribution in [3.63, 3.8) is 0 Å². The van der Waals surface area contributed by atoms with Gasteiger partial charge in [0.2, 0.25) is 0 Å². The smallest absolute Gasteiger partial charge is 0.0880 e. The van der Waals surface area contributed by atoms with E-state index in [9.17, 15) is 0 Å². The molecule has 1 N–H and O–H groups in total. The van der Waals surface area contributed by atoms with Gasteiger partial charge in [-0.05, 0) is 24.3 Å². The molecule has 0 saturated carbocycles. The Kier molecular flexibility index (Phi) is 9.19. The molecule has 1 rings (SSSR count). The fraction of sp³-hybridized carbons (Fsp3) is 0.750. The molecule has 22 heavy (non-hydrogen) atoms. The highest BCUT2D eigenvalue weighted by Gasteiger charge is 2.28. The highest BCUT2D eigenvalue weighted by Crippen LogP contribution is 2.37. The molecule has 1 aromatic heterocycles. The van der Waals surface area contributed by atoms with Gasteiger partial charge in [-0.25, -0.2) is 0 Å². The molecule has 0 fully saturated rings. The van der Waals surface area contributed by atoms with Gasteiger partial charge in [-0.15, -0.1) is 0 Å². The second-order valence-electron chi connectivity index (χ2n) is 6.92. The molecular formula is C20H36N2. The number of aromatic amines is 1. The van der Waals surface area contributed by atoms with Gasteiger partial charge >= 0.3 is 0 Å². The van der Waals surface area contributed by atoms with Crippen LogP contribution in [0, 0.1) is 0 Å². The lowest BCUT2D eigenvalue weighted by Crippen LogP contribution is -2.22. The number of hydrogen-bond donors (Lipinski definition) is 1. The first-order valence-electron chi connectivity index (χ1n) is 9.34. The molecule has 1 atom stereocenters. The molecule has 1 heterocycles. The third-order valence-electron chi connectivity index (χ3n) is 4.93. The SMILES string of the molecule is C=Cc1n[nH]cc1C(C)(CCCCCC)CCCCCCC. The van der Waals surface area contributed by atoms with Crippen molar-refractivity contribution in [1.82, 2.24) is 10.2 Å². The van der Waals surface area contributed by atoms with Gasteiger partial charge in [-0.3, -0.25) is 5.10 Å². The van der Waals surface area contributed by atoms with Crippen LogP contribution in [0.2, 0.25) is 0 Å². The molecule has 126 valence electrons. The molecule has 0 spiro atoms. The number of H-pyrrole nitrogens is 1. The minimum atomic E-state index is 0.247. The summed E-state index contributed by atoms with van der Waals surface area (Å²) in [6, 6.07) is 0. The van der Waals surface area contributed by atoms with E-state index in [0.717, 1.165) is 5.69 Å². The zero-order chi connectivity index (χ0) is 16.3. The summed E-state index contributed by atoms with van der Waals surface area (Å²) in [5.41, 5.74) is 2.66. The van der Waals surface area contributed by atoms with Crippen LogP contribution in [0.4, 0.5) is 0 Å². The van der Waals surface area contributed by atoms with E-state index in [1.807, 2.05) is 6.08 Å². The van der Waals surface area contributed by atoms with Gasteiger partial charge in [0.25, 0.3) is 0 Å². The predicted octanol–water partition coefficient (Wildman–Crippen LogP) is 6.64. The first kappa shape index (κ1) is 19.0. The summed E-state index contributed by atoms with van der Waals surface area (Å²) in [5, 5.41) is 7.41. The lowest BCUT2D eigenvalue weighted by atomic mass is 9.74. The summed E-state index contributed by atoms with van der Waals surface area (Å²) >= 11 is 0. The van der Waals surface area contributed by atoms with E-state index in [0.29, 0.717) is 0 Å². The van der Waals surface area contributed by atoms with Crippen LogP contribution in [0.3, 0.4) is 0 Å². The fourth-order valence-corrected chi connectivity index (χ4v) is 3.39. The molecule has 0 aromatic carbocycles. The number of aromatic nitrogens is 2. The van der Waals surface area contributed by atoms with Crippen molar-refractivity contribution in [3.8, 4) is 0 Å². The van der Waals surface area contributed by atoms with Gasteiger partial charge in [0.1, 0.15) is 0 Å².